The van der Waals surface area contributed by atoms with Crippen LogP contribution >= 0.6 is 11.3 Å². The zero-order chi connectivity index (χ0) is 14.9. The molecule has 2 amide bonds. The average Bonchev–Trinajstić information content (AvgIpc) is 2.99. The number of nitrogens with one attached hydrogen (secondary N) is 2. The van der Waals surface area contributed by atoms with E-state index in [1.165, 1.54) is 6.92 Å². The van der Waals surface area contributed by atoms with E-state index in [1.807, 2.05) is 17.5 Å². The third-order valence-electron chi connectivity index (χ3n) is 3.32. The highest BCUT2D eigenvalue weighted by atomic mass is 32.1. The topological polar surface area (TPSA) is 67.4 Å². The van der Waals surface area contributed by atoms with Crippen LogP contribution in [0.4, 0.5) is 5.69 Å². The maximum absolute atomic E-state index is 12.3. The fourth-order valence-electron chi connectivity index (χ4n) is 2.07. The van der Waals surface area contributed by atoms with Gasteiger partial charge in [0, 0.05) is 4.88 Å². The summed E-state index contributed by atoms with van der Waals surface area (Å²) in [7, 11) is 0. The summed E-state index contributed by atoms with van der Waals surface area (Å²) in [5, 5.41) is 7.38. The summed E-state index contributed by atoms with van der Waals surface area (Å²) in [6.45, 7) is 1.85. The van der Waals surface area contributed by atoms with E-state index in [2.05, 4.69) is 10.6 Å². The van der Waals surface area contributed by atoms with Gasteiger partial charge in [0.05, 0.1) is 12.2 Å². The van der Waals surface area contributed by atoms with Crippen LogP contribution in [0.2, 0.25) is 0 Å². The number of ether oxygens (including phenoxy) is 1. The maximum Gasteiger partial charge on any atom is 0.278 e. The Morgan fingerprint density at radius 3 is 2.90 bits per heavy atom. The first-order chi connectivity index (χ1) is 10.1. The molecule has 0 bridgehead atoms. The van der Waals surface area contributed by atoms with Gasteiger partial charge in [-0.25, -0.2) is 0 Å². The predicted molar refractivity (Wildman–Crippen MR) is 80.3 cm³/mol. The van der Waals surface area contributed by atoms with E-state index >= 15 is 0 Å². The summed E-state index contributed by atoms with van der Waals surface area (Å²) in [5.74, 6) is -0.432. The Kier molecular flexibility index (Phi) is 3.39. The van der Waals surface area contributed by atoms with Gasteiger partial charge in [-0.1, -0.05) is 18.2 Å². The second-order valence-electron chi connectivity index (χ2n) is 4.85. The molecule has 1 aliphatic heterocycles. The number of carbonyl (C=O) groups is 2. The summed E-state index contributed by atoms with van der Waals surface area (Å²) in [4.78, 5) is 25.5. The highest BCUT2D eigenvalue weighted by Crippen LogP contribution is 2.33. The van der Waals surface area contributed by atoms with Crippen molar-refractivity contribution in [3.05, 3.63) is 46.7 Å². The number of benzene rings is 1. The van der Waals surface area contributed by atoms with Gasteiger partial charge in [0.2, 0.25) is 0 Å². The van der Waals surface area contributed by atoms with Gasteiger partial charge in [0.25, 0.3) is 17.4 Å². The van der Waals surface area contributed by atoms with Crippen LogP contribution in [0.3, 0.4) is 0 Å². The van der Waals surface area contributed by atoms with Gasteiger partial charge in [0.15, 0.2) is 0 Å². The highest BCUT2D eigenvalue weighted by Gasteiger charge is 2.47. The number of fused-ring (bicyclic) bond motifs is 1. The minimum absolute atomic E-state index is 0.379. The van der Waals surface area contributed by atoms with Crippen molar-refractivity contribution in [1.29, 1.82) is 0 Å². The Bertz CT molecular complexity index is 684. The first-order valence-corrected chi connectivity index (χ1v) is 7.38. The normalized spacial score (nSPS) is 20.1. The number of hydrogen-bond donors (Lipinski definition) is 2. The summed E-state index contributed by atoms with van der Waals surface area (Å²) < 4.78 is 5.64. The molecule has 0 saturated carbocycles. The van der Waals surface area contributed by atoms with Crippen molar-refractivity contribution in [1.82, 2.24) is 5.32 Å². The Morgan fingerprint density at radius 2 is 2.14 bits per heavy atom. The SMILES string of the molecule is C[C@]1(C(=O)NCc2cccs2)Oc2ccccc2NC1=O. The van der Waals surface area contributed by atoms with Crippen molar-refractivity contribution < 1.29 is 14.3 Å². The van der Waals surface area contributed by atoms with Crippen LogP contribution in [0.15, 0.2) is 41.8 Å². The minimum Gasteiger partial charge on any atom is -0.466 e. The zero-order valence-electron chi connectivity index (χ0n) is 11.4. The van der Waals surface area contributed by atoms with Crippen molar-refractivity contribution >= 4 is 28.8 Å². The van der Waals surface area contributed by atoms with Crippen molar-refractivity contribution in [2.75, 3.05) is 5.32 Å². The molecule has 0 fully saturated rings. The van der Waals surface area contributed by atoms with Crippen LogP contribution in [0, 0.1) is 0 Å². The Balaban J connectivity index is 1.77. The van der Waals surface area contributed by atoms with Gasteiger partial charge in [-0.05, 0) is 30.5 Å². The highest BCUT2D eigenvalue weighted by molar-refractivity contribution is 7.09. The van der Waals surface area contributed by atoms with Crippen LogP contribution in [0.1, 0.15) is 11.8 Å². The average molecular weight is 302 g/mol. The van der Waals surface area contributed by atoms with E-state index in [9.17, 15) is 9.59 Å². The van der Waals surface area contributed by atoms with Gasteiger partial charge in [-0.15, -0.1) is 11.3 Å². The molecule has 0 unspecified atom stereocenters. The number of carbonyl (C=O) groups excluding carboxylic acids is 2. The minimum atomic E-state index is -1.56. The lowest BCUT2D eigenvalue weighted by Crippen LogP contribution is -2.58. The molecule has 2 aromatic rings. The molecule has 3 rings (SSSR count). The second-order valence-corrected chi connectivity index (χ2v) is 5.88. The molecular weight excluding hydrogens is 288 g/mol. The molecule has 0 saturated heterocycles. The largest absolute Gasteiger partial charge is 0.466 e. The van der Waals surface area contributed by atoms with Crippen molar-refractivity contribution in [3.63, 3.8) is 0 Å². The van der Waals surface area contributed by atoms with Crippen LogP contribution < -0.4 is 15.4 Å². The van der Waals surface area contributed by atoms with E-state index in [0.717, 1.165) is 4.88 Å². The van der Waals surface area contributed by atoms with Crippen molar-refractivity contribution in [2.24, 2.45) is 0 Å². The van der Waals surface area contributed by atoms with Crippen molar-refractivity contribution in [2.45, 2.75) is 19.1 Å². The van der Waals surface area contributed by atoms with Crippen LogP contribution in [0.5, 0.6) is 5.75 Å². The van der Waals surface area contributed by atoms with E-state index < -0.39 is 17.4 Å². The lowest BCUT2D eigenvalue weighted by atomic mass is 10.0. The number of rotatable bonds is 3. The molecule has 0 spiro atoms. The smallest absolute Gasteiger partial charge is 0.278 e. The summed E-state index contributed by atoms with van der Waals surface area (Å²) in [6.07, 6.45) is 0. The van der Waals surface area contributed by atoms with E-state index in [0.29, 0.717) is 18.0 Å². The first kappa shape index (κ1) is 13.6. The van der Waals surface area contributed by atoms with Gasteiger partial charge < -0.3 is 15.4 Å². The molecular formula is C15H14N2O3S. The number of amides is 2. The molecule has 2 N–H and O–H groups in total. The molecule has 1 aliphatic rings. The summed E-state index contributed by atoms with van der Waals surface area (Å²) in [5.41, 5.74) is -0.989. The first-order valence-electron chi connectivity index (χ1n) is 6.50. The maximum atomic E-state index is 12.3. The molecule has 21 heavy (non-hydrogen) atoms. The summed E-state index contributed by atoms with van der Waals surface area (Å²) >= 11 is 1.54. The predicted octanol–water partition coefficient (Wildman–Crippen LogP) is 2.15. The Labute approximate surface area is 125 Å². The molecule has 1 aromatic heterocycles. The van der Waals surface area contributed by atoms with Gasteiger partial charge >= 0.3 is 0 Å². The number of anilines is 1. The van der Waals surface area contributed by atoms with E-state index in [-0.39, 0.29) is 0 Å². The van der Waals surface area contributed by atoms with Gasteiger partial charge in [-0.2, -0.15) is 0 Å². The lowest BCUT2D eigenvalue weighted by molar-refractivity contribution is -0.146. The second kappa shape index (κ2) is 5.21. The van der Waals surface area contributed by atoms with E-state index in [1.54, 1.807) is 35.6 Å². The fourth-order valence-corrected chi connectivity index (χ4v) is 2.71. The third-order valence-corrected chi connectivity index (χ3v) is 4.20. The number of thiophene rings is 1. The molecule has 5 nitrogen and oxygen atoms in total. The third kappa shape index (κ3) is 2.50. The van der Waals surface area contributed by atoms with Gasteiger partial charge in [0.1, 0.15) is 5.75 Å². The monoisotopic (exact) mass is 302 g/mol. The molecule has 1 atom stereocenters. The fraction of sp³-hybridized carbons (Fsp3) is 0.200. The number of para-hydroxylation sites is 2. The Hall–Kier alpha value is -2.34. The summed E-state index contributed by atoms with van der Waals surface area (Å²) in [6, 6.07) is 10.9. The Morgan fingerprint density at radius 1 is 1.33 bits per heavy atom. The molecule has 0 radical (unpaired) electrons. The van der Waals surface area contributed by atoms with Gasteiger partial charge in [-0.3, -0.25) is 9.59 Å². The number of hydrogen-bond acceptors (Lipinski definition) is 4. The van der Waals surface area contributed by atoms with Crippen LogP contribution in [0.25, 0.3) is 0 Å². The molecule has 2 heterocycles. The standard InChI is InChI=1S/C15H14N2O3S/c1-15(13(18)16-9-10-5-4-8-21-10)14(19)17-11-6-2-3-7-12(11)20-15/h2-8H,9H2,1H3,(H,16,18)(H,17,19)/t15-/m1/s1. The van der Waals surface area contributed by atoms with E-state index in [4.69, 9.17) is 4.74 Å². The zero-order valence-corrected chi connectivity index (χ0v) is 12.2. The van der Waals surface area contributed by atoms with Crippen molar-refractivity contribution in [3.8, 4) is 5.75 Å². The quantitative estimate of drug-likeness (QED) is 0.854. The lowest BCUT2D eigenvalue weighted by Gasteiger charge is -2.33. The molecule has 1 aromatic carbocycles. The molecule has 108 valence electrons. The molecule has 6 heteroatoms. The van der Waals surface area contributed by atoms with Crippen LogP contribution in [-0.4, -0.2) is 17.4 Å². The molecule has 0 aliphatic carbocycles. The van der Waals surface area contributed by atoms with Crippen LogP contribution in [-0.2, 0) is 16.1 Å².